The molecule has 2 rings (SSSR count). The molecule has 1 aliphatic heterocycles. The highest BCUT2D eigenvalue weighted by Crippen LogP contribution is 2.29. The standard InChI is InChI=1S/C10H12N2O7/c13-3-5-8(18-4-14)7(16)9(19-5)12-2-1-6(15)11-10(12)17/h1-2,4-5,7-9,13,16H,3H2,(H,11,15,17)/t5-,7?,8?,9-/m0/s1. The quantitative estimate of drug-likeness (QED) is 0.509. The number of aliphatic hydroxyl groups is 2. The Morgan fingerprint density at radius 3 is 2.84 bits per heavy atom. The van der Waals surface area contributed by atoms with Gasteiger partial charge >= 0.3 is 5.69 Å². The molecule has 19 heavy (non-hydrogen) atoms. The van der Waals surface area contributed by atoms with Crippen molar-refractivity contribution in [3.05, 3.63) is 33.1 Å². The number of ether oxygens (including phenoxy) is 2. The first-order chi connectivity index (χ1) is 9.08. The minimum Gasteiger partial charge on any atom is -0.459 e. The molecule has 0 aromatic carbocycles. The van der Waals surface area contributed by atoms with Crippen LogP contribution in [-0.4, -0.2) is 51.2 Å². The molecule has 104 valence electrons. The van der Waals surface area contributed by atoms with Crippen molar-refractivity contribution in [1.29, 1.82) is 0 Å². The number of nitrogens with zero attached hydrogens (tertiary/aromatic N) is 1. The van der Waals surface area contributed by atoms with Gasteiger partial charge in [0.2, 0.25) is 0 Å². The van der Waals surface area contributed by atoms with E-state index in [0.29, 0.717) is 0 Å². The Labute approximate surface area is 106 Å². The van der Waals surface area contributed by atoms with Crippen molar-refractivity contribution in [3.8, 4) is 0 Å². The van der Waals surface area contributed by atoms with Crippen LogP contribution in [0, 0.1) is 0 Å². The second-order valence-electron chi connectivity index (χ2n) is 3.95. The number of aliphatic hydroxyl groups excluding tert-OH is 2. The highest BCUT2D eigenvalue weighted by atomic mass is 16.6. The first kappa shape index (κ1) is 13.5. The van der Waals surface area contributed by atoms with E-state index < -0.39 is 42.4 Å². The van der Waals surface area contributed by atoms with Crippen molar-refractivity contribution in [2.75, 3.05) is 6.61 Å². The average Bonchev–Trinajstić information content (AvgIpc) is 2.68. The molecule has 1 aromatic heterocycles. The molecule has 0 radical (unpaired) electrons. The van der Waals surface area contributed by atoms with E-state index in [9.17, 15) is 19.5 Å². The molecule has 2 heterocycles. The minimum absolute atomic E-state index is 0.123. The van der Waals surface area contributed by atoms with E-state index in [4.69, 9.17) is 9.84 Å². The lowest BCUT2D eigenvalue weighted by Gasteiger charge is -2.17. The Morgan fingerprint density at radius 2 is 2.26 bits per heavy atom. The van der Waals surface area contributed by atoms with E-state index >= 15 is 0 Å². The van der Waals surface area contributed by atoms with E-state index in [2.05, 4.69) is 4.74 Å². The molecule has 3 N–H and O–H groups in total. The fraction of sp³-hybridized carbons (Fsp3) is 0.500. The fourth-order valence-electron chi connectivity index (χ4n) is 1.96. The van der Waals surface area contributed by atoms with E-state index in [-0.39, 0.29) is 6.47 Å². The van der Waals surface area contributed by atoms with Crippen LogP contribution < -0.4 is 11.2 Å². The molecule has 9 heteroatoms. The van der Waals surface area contributed by atoms with Gasteiger partial charge in [0.25, 0.3) is 12.0 Å². The number of nitrogens with one attached hydrogen (secondary N) is 1. The molecule has 0 saturated carbocycles. The molecular formula is C10H12N2O7. The first-order valence-corrected chi connectivity index (χ1v) is 5.43. The summed E-state index contributed by atoms with van der Waals surface area (Å²) in [5, 5.41) is 19.0. The van der Waals surface area contributed by atoms with Crippen molar-refractivity contribution < 1.29 is 24.5 Å². The number of aromatic nitrogens is 2. The monoisotopic (exact) mass is 272 g/mol. The lowest BCUT2D eigenvalue weighted by molar-refractivity contribution is -0.140. The largest absolute Gasteiger partial charge is 0.459 e. The zero-order chi connectivity index (χ0) is 14.0. The van der Waals surface area contributed by atoms with Crippen LogP contribution in [0.15, 0.2) is 21.9 Å². The summed E-state index contributed by atoms with van der Waals surface area (Å²) >= 11 is 0. The Bertz CT molecular complexity index is 565. The van der Waals surface area contributed by atoms with Gasteiger partial charge in [-0.2, -0.15) is 0 Å². The van der Waals surface area contributed by atoms with E-state index in [1.807, 2.05) is 4.98 Å². The van der Waals surface area contributed by atoms with Gasteiger partial charge in [-0.05, 0) is 0 Å². The third-order valence-electron chi connectivity index (χ3n) is 2.83. The molecule has 0 aliphatic carbocycles. The lowest BCUT2D eigenvalue weighted by Crippen LogP contribution is -2.38. The molecule has 0 amide bonds. The molecule has 2 unspecified atom stereocenters. The van der Waals surface area contributed by atoms with Crippen LogP contribution in [0.2, 0.25) is 0 Å². The van der Waals surface area contributed by atoms with Gasteiger partial charge in [-0.1, -0.05) is 0 Å². The number of rotatable bonds is 4. The van der Waals surface area contributed by atoms with Crippen LogP contribution in [0.3, 0.4) is 0 Å². The normalized spacial score (nSPS) is 30.2. The number of H-pyrrole nitrogens is 1. The summed E-state index contributed by atoms with van der Waals surface area (Å²) in [6.45, 7) is -0.373. The highest BCUT2D eigenvalue weighted by molar-refractivity contribution is 5.38. The van der Waals surface area contributed by atoms with Crippen molar-refractivity contribution in [2.24, 2.45) is 0 Å². The zero-order valence-electron chi connectivity index (χ0n) is 9.63. The van der Waals surface area contributed by atoms with Crippen LogP contribution in [-0.2, 0) is 14.3 Å². The third-order valence-corrected chi connectivity index (χ3v) is 2.83. The topological polar surface area (TPSA) is 131 Å². The van der Waals surface area contributed by atoms with Gasteiger partial charge in [-0.3, -0.25) is 19.1 Å². The van der Waals surface area contributed by atoms with Crippen LogP contribution in [0.5, 0.6) is 0 Å². The molecule has 9 nitrogen and oxygen atoms in total. The molecular weight excluding hydrogens is 260 g/mol. The second kappa shape index (κ2) is 5.34. The van der Waals surface area contributed by atoms with Gasteiger partial charge in [0.1, 0.15) is 12.2 Å². The predicted molar refractivity (Wildman–Crippen MR) is 59.3 cm³/mol. The highest BCUT2D eigenvalue weighted by Gasteiger charge is 2.46. The van der Waals surface area contributed by atoms with Gasteiger partial charge in [0.05, 0.1) is 6.61 Å². The van der Waals surface area contributed by atoms with Crippen LogP contribution in [0.1, 0.15) is 6.23 Å². The Balaban J connectivity index is 2.33. The smallest absolute Gasteiger partial charge is 0.330 e. The van der Waals surface area contributed by atoms with Crippen LogP contribution in [0.4, 0.5) is 0 Å². The summed E-state index contributed by atoms with van der Waals surface area (Å²) in [7, 11) is 0. The second-order valence-corrected chi connectivity index (χ2v) is 3.95. The maximum atomic E-state index is 11.6. The van der Waals surface area contributed by atoms with E-state index in [1.165, 1.54) is 0 Å². The predicted octanol–water partition coefficient (Wildman–Crippen LogP) is -2.67. The van der Waals surface area contributed by atoms with E-state index in [1.54, 1.807) is 0 Å². The van der Waals surface area contributed by atoms with Crippen molar-refractivity contribution in [2.45, 2.75) is 24.5 Å². The van der Waals surface area contributed by atoms with Crippen LogP contribution >= 0.6 is 0 Å². The van der Waals surface area contributed by atoms with Gasteiger partial charge in [-0.15, -0.1) is 0 Å². The average molecular weight is 272 g/mol. The third kappa shape index (κ3) is 2.43. The molecule has 1 aromatic rings. The summed E-state index contributed by atoms with van der Waals surface area (Å²) in [4.78, 5) is 34.9. The van der Waals surface area contributed by atoms with E-state index in [0.717, 1.165) is 16.8 Å². The summed E-state index contributed by atoms with van der Waals surface area (Å²) in [5.74, 6) is 0. The maximum Gasteiger partial charge on any atom is 0.330 e. The molecule has 0 bridgehead atoms. The molecule has 1 fully saturated rings. The number of carbonyl (C=O) groups is 1. The molecule has 0 spiro atoms. The number of carbonyl (C=O) groups excluding carboxylic acids is 1. The minimum atomic E-state index is -1.34. The van der Waals surface area contributed by atoms with Gasteiger partial charge in [0.15, 0.2) is 12.3 Å². The maximum absolute atomic E-state index is 11.6. The zero-order valence-corrected chi connectivity index (χ0v) is 9.63. The first-order valence-electron chi connectivity index (χ1n) is 5.43. The van der Waals surface area contributed by atoms with Crippen molar-refractivity contribution in [3.63, 3.8) is 0 Å². The molecule has 4 atom stereocenters. The van der Waals surface area contributed by atoms with Crippen molar-refractivity contribution in [1.82, 2.24) is 9.55 Å². The Morgan fingerprint density at radius 1 is 1.53 bits per heavy atom. The Kier molecular flexibility index (Phi) is 3.79. The number of aromatic amines is 1. The SMILES string of the molecule is O=COC1C(O)[C@@H](n2ccc(=O)[nH]c2=O)O[C@H]1CO. The van der Waals surface area contributed by atoms with Gasteiger partial charge < -0.3 is 19.7 Å². The molecule has 1 aliphatic rings. The molecule has 1 saturated heterocycles. The van der Waals surface area contributed by atoms with Gasteiger partial charge in [-0.25, -0.2) is 4.79 Å². The summed E-state index contributed by atoms with van der Waals surface area (Å²) in [5.41, 5.74) is -1.37. The summed E-state index contributed by atoms with van der Waals surface area (Å²) < 4.78 is 10.8. The van der Waals surface area contributed by atoms with Gasteiger partial charge in [0, 0.05) is 12.3 Å². The fourth-order valence-corrected chi connectivity index (χ4v) is 1.96. The summed E-state index contributed by atoms with van der Waals surface area (Å²) in [6, 6.07) is 1.08. The number of hydrogen-bond donors (Lipinski definition) is 3. The number of hydrogen-bond acceptors (Lipinski definition) is 7. The summed E-state index contributed by atoms with van der Waals surface area (Å²) in [6.07, 6.45) is -3.40. The van der Waals surface area contributed by atoms with Crippen molar-refractivity contribution >= 4 is 6.47 Å². The Hall–Kier alpha value is -1.97. The lowest BCUT2D eigenvalue weighted by atomic mass is 10.1. The van der Waals surface area contributed by atoms with Crippen LogP contribution in [0.25, 0.3) is 0 Å².